The van der Waals surface area contributed by atoms with Crippen LogP contribution in [0.3, 0.4) is 0 Å². The number of hydrogen-bond donors (Lipinski definition) is 1. The van der Waals surface area contributed by atoms with E-state index in [-0.39, 0.29) is 5.78 Å². The van der Waals surface area contributed by atoms with Crippen molar-refractivity contribution in [3.63, 3.8) is 0 Å². The zero-order chi connectivity index (χ0) is 15.4. The highest BCUT2D eigenvalue weighted by atomic mass is 16.4. The number of hydrogen-bond acceptors (Lipinski definition) is 2. The summed E-state index contributed by atoms with van der Waals surface area (Å²) in [7, 11) is 0. The molecular formula is C19H16O3. The number of carbonyl (C=O) groups excluding carboxylic acids is 1. The lowest BCUT2D eigenvalue weighted by Gasteiger charge is -2.30. The first kappa shape index (κ1) is 13.3. The van der Waals surface area contributed by atoms with Gasteiger partial charge in [0.05, 0.1) is 5.56 Å². The lowest BCUT2D eigenvalue weighted by molar-refractivity contribution is 0.0696. The molecule has 0 bridgehead atoms. The van der Waals surface area contributed by atoms with Crippen LogP contribution in [0.2, 0.25) is 0 Å². The first-order valence-electron chi connectivity index (χ1n) is 7.61. The number of carbonyl (C=O) groups is 2. The van der Waals surface area contributed by atoms with Crippen molar-refractivity contribution >= 4 is 11.8 Å². The fraction of sp³-hybridized carbons (Fsp3) is 0.263. The quantitative estimate of drug-likeness (QED) is 0.862. The smallest absolute Gasteiger partial charge is 0.335 e. The number of ketones is 1. The minimum absolute atomic E-state index is 0.108. The normalized spacial score (nSPS) is 14.4. The monoisotopic (exact) mass is 292 g/mol. The number of Topliss-reactive ketones (excluding diaryl/α,β-unsaturated/α-hetero) is 1. The maximum absolute atomic E-state index is 11.7. The van der Waals surface area contributed by atoms with Gasteiger partial charge in [-0.15, -0.1) is 0 Å². The summed E-state index contributed by atoms with van der Waals surface area (Å²) in [5, 5.41) is 9.28. The van der Waals surface area contributed by atoms with Crippen molar-refractivity contribution in [3.05, 3.63) is 57.6 Å². The largest absolute Gasteiger partial charge is 0.478 e. The number of benzene rings is 2. The Hall–Kier alpha value is -2.42. The van der Waals surface area contributed by atoms with E-state index >= 15 is 0 Å². The van der Waals surface area contributed by atoms with Crippen molar-refractivity contribution in [3.8, 4) is 11.1 Å². The van der Waals surface area contributed by atoms with E-state index < -0.39 is 5.97 Å². The molecule has 0 saturated carbocycles. The maximum Gasteiger partial charge on any atom is 0.335 e. The van der Waals surface area contributed by atoms with Crippen LogP contribution in [0.4, 0.5) is 0 Å². The molecule has 0 amide bonds. The molecule has 0 radical (unpaired) electrons. The number of aromatic carboxylic acids is 1. The number of rotatable bonds is 2. The molecule has 0 atom stereocenters. The van der Waals surface area contributed by atoms with Gasteiger partial charge >= 0.3 is 5.97 Å². The Kier molecular flexibility index (Phi) is 2.73. The van der Waals surface area contributed by atoms with Crippen LogP contribution >= 0.6 is 0 Å². The summed E-state index contributed by atoms with van der Waals surface area (Å²) >= 11 is 0. The molecule has 4 rings (SSSR count). The summed E-state index contributed by atoms with van der Waals surface area (Å²) in [5.74, 6) is -0.751. The Morgan fingerprint density at radius 1 is 0.773 bits per heavy atom. The topological polar surface area (TPSA) is 54.4 Å². The minimum Gasteiger partial charge on any atom is -0.478 e. The van der Waals surface area contributed by atoms with E-state index in [0.29, 0.717) is 5.56 Å². The second-order valence-electron chi connectivity index (χ2n) is 6.20. The van der Waals surface area contributed by atoms with Crippen molar-refractivity contribution < 1.29 is 14.7 Å². The van der Waals surface area contributed by atoms with Crippen molar-refractivity contribution in [1.82, 2.24) is 0 Å². The van der Waals surface area contributed by atoms with Gasteiger partial charge < -0.3 is 5.11 Å². The molecular weight excluding hydrogens is 276 g/mol. The fourth-order valence-corrected chi connectivity index (χ4v) is 3.83. The highest BCUT2D eigenvalue weighted by Gasteiger charge is 2.27. The molecule has 3 nitrogen and oxygen atoms in total. The molecule has 0 heterocycles. The Balaban J connectivity index is 1.99. The van der Waals surface area contributed by atoms with E-state index in [1.54, 1.807) is 6.92 Å². The Morgan fingerprint density at radius 2 is 1.14 bits per heavy atom. The van der Waals surface area contributed by atoms with Crippen LogP contribution in [0, 0.1) is 0 Å². The van der Waals surface area contributed by atoms with Crippen molar-refractivity contribution in [2.45, 2.75) is 32.6 Å². The van der Waals surface area contributed by atoms with Crippen LogP contribution in [0.15, 0.2) is 24.3 Å². The standard InChI is InChI=1S/C19H16O3/c1-10(20)15-6-11-2-4-13-8-16(19(21)22)9-14-5-3-12(7-15)17(11)18(13)14/h6-9H,2-5H2,1H3,(H,21,22). The van der Waals surface area contributed by atoms with Crippen LogP contribution < -0.4 is 0 Å². The van der Waals surface area contributed by atoms with E-state index in [9.17, 15) is 14.7 Å². The van der Waals surface area contributed by atoms with Gasteiger partial charge in [-0.05, 0) is 90.3 Å². The minimum atomic E-state index is -0.859. The van der Waals surface area contributed by atoms with Gasteiger partial charge in [0.15, 0.2) is 5.78 Å². The molecule has 0 aromatic heterocycles. The average molecular weight is 292 g/mol. The first-order chi connectivity index (χ1) is 10.5. The van der Waals surface area contributed by atoms with E-state index in [2.05, 4.69) is 0 Å². The van der Waals surface area contributed by atoms with Gasteiger partial charge in [-0.3, -0.25) is 4.79 Å². The summed E-state index contributed by atoms with van der Waals surface area (Å²) in [5.41, 5.74) is 8.41. The van der Waals surface area contributed by atoms with Gasteiger partial charge in [-0.2, -0.15) is 0 Å². The van der Waals surface area contributed by atoms with Crippen LogP contribution in [-0.2, 0) is 25.7 Å². The predicted molar refractivity (Wildman–Crippen MR) is 83.7 cm³/mol. The average Bonchev–Trinajstić information content (AvgIpc) is 2.51. The number of carboxylic acids is 1. The molecule has 0 spiro atoms. The lowest BCUT2D eigenvalue weighted by Crippen LogP contribution is -2.16. The van der Waals surface area contributed by atoms with Crippen molar-refractivity contribution in [2.75, 3.05) is 0 Å². The zero-order valence-corrected chi connectivity index (χ0v) is 12.4. The summed E-state index contributed by atoms with van der Waals surface area (Å²) in [6.07, 6.45) is 3.44. The van der Waals surface area contributed by atoms with Crippen LogP contribution in [0.5, 0.6) is 0 Å². The highest BCUT2D eigenvalue weighted by molar-refractivity contribution is 5.97. The molecule has 2 aromatic rings. The predicted octanol–water partition coefficient (Wildman–Crippen LogP) is 3.45. The zero-order valence-electron chi connectivity index (χ0n) is 12.4. The second-order valence-corrected chi connectivity index (χ2v) is 6.20. The SMILES string of the molecule is CC(=O)c1cc2c3c(c1)CCc1cc(C(=O)O)cc(c1-3)CC2. The van der Waals surface area contributed by atoms with E-state index in [1.807, 2.05) is 24.3 Å². The molecule has 0 aliphatic heterocycles. The summed E-state index contributed by atoms with van der Waals surface area (Å²) in [6.45, 7) is 1.61. The molecule has 0 unspecified atom stereocenters. The Labute approximate surface area is 128 Å². The highest BCUT2D eigenvalue weighted by Crippen LogP contribution is 2.43. The second kappa shape index (κ2) is 4.54. The van der Waals surface area contributed by atoms with Crippen molar-refractivity contribution in [2.24, 2.45) is 0 Å². The van der Waals surface area contributed by atoms with Crippen molar-refractivity contribution in [1.29, 1.82) is 0 Å². The Morgan fingerprint density at radius 3 is 1.45 bits per heavy atom. The Bertz CT molecular complexity index is 724. The summed E-state index contributed by atoms with van der Waals surface area (Å²) < 4.78 is 0. The maximum atomic E-state index is 11.7. The summed E-state index contributed by atoms with van der Waals surface area (Å²) in [4.78, 5) is 23.0. The first-order valence-corrected chi connectivity index (χ1v) is 7.61. The number of carboxylic acid groups (broad SMARTS) is 1. The lowest BCUT2D eigenvalue weighted by atomic mass is 9.74. The van der Waals surface area contributed by atoms with Gasteiger partial charge in [-0.1, -0.05) is 0 Å². The molecule has 3 heteroatoms. The molecule has 0 saturated heterocycles. The molecule has 110 valence electrons. The third-order valence-corrected chi connectivity index (χ3v) is 4.83. The van der Waals surface area contributed by atoms with Gasteiger partial charge in [0, 0.05) is 5.56 Å². The number of aryl methyl sites for hydroxylation is 4. The third kappa shape index (κ3) is 1.82. The van der Waals surface area contributed by atoms with Gasteiger partial charge in [-0.25, -0.2) is 4.79 Å². The van der Waals surface area contributed by atoms with E-state index in [1.165, 1.54) is 22.3 Å². The third-order valence-electron chi connectivity index (χ3n) is 4.83. The molecule has 1 N–H and O–H groups in total. The van der Waals surface area contributed by atoms with E-state index in [4.69, 9.17) is 0 Å². The molecule has 2 aliphatic carbocycles. The molecule has 2 aromatic carbocycles. The van der Waals surface area contributed by atoms with Crippen LogP contribution in [-0.4, -0.2) is 16.9 Å². The fourth-order valence-electron chi connectivity index (χ4n) is 3.83. The van der Waals surface area contributed by atoms with Gasteiger partial charge in [0.1, 0.15) is 0 Å². The van der Waals surface area contributed by atoms with Crippen LogP contribution in [0.25, 0.3) is 11.1 Å². The van der Waals surface area contributed by atoms with E-state index in [0.717, 1.165) is 42.4 Å². The van der Waals surface area contributed by atoms with Gasteiger partial charge in [0.25, 0.3) is 0 Å². The van der Waals surface area contributed by atoms with Gasteiger partial charge in [0.2, 0.25) is 0 Å². The molecule has 2 aliphatic rings. The molecule has 0 fully saturated rings. The molecule has 22 heavy (non-hydrogen) atoms. The summed E-state index contributed by atoms with van der Waals surface area (Å²) in [6, 6.07) is 7.67. The van der Waals surface area contributed by atoms with Crippen LogP contribution in [0.1, 0.15) is 49.9 Å².